The molecule has 0 bridgehead atoms. The van der Waals surface area contributed by atoms with E-state index in [4.69, 9.17) is 28.9 Å². The van der Waals surface area contributed by atoms with E-state index < -0.39 is 23.0 Å². The molecule has 6 heteroatoms. The molecule has 0 aliphatic heterocycles. The van der Waals surface area contributed by atoms with Crippen molar-refractivity contribution >= 4 is 23.2 Å². The van der Waals surface area contributed by atoms with Gasteiger partial charge in [0.2, 0.25) is 0 Å². The van der Waals surface area contributed by atoms with Crippen LogP contribution in [0.25, 0.3) is 0 Å². The van der Waals surface area contributed by atoms with Gasteiger partial charge in [-0.05, 0) is 54.8 Å². The van der Waals surface area contributed by atoms with Crippen molar-refractivity contribution in [3.63, 3.8) is 0 Å². The molecule has 1 unspecified atom stereocenters. The first kappa shape index (κ1) is 16.1. The largest absolute Gasteiger partial charge is 0.321 e. The molecule has 2 N–H and O–H groups in total. The van der Waals surface area contributed by atoms with Gasteiger partial charge in [-0.25, -0.2) is 13.2 Å². The number of hydrogen-bond acceptors (Lipinski definition) is 1. The molecular weight excluding hydrogens is 322 g/mol. The zero-order chi connectivity index (χ0) is 15.8. The predicted molar refractivity (Wildman–Crippen MR) is 78.0 cm³/mol. The smallest absolute Gasteiger partial charge is 0.142 e. The highest BCUT2D eigenvalue weighted by atomic mass is 35.5. The molecule has 0 aliphatic carbocycles. The zero-order valence-corrected chi connectivity index (χ0v) is 12.6. The lowest BCUT2D eigenvalue weighted by Crippen LogP contribution is -2.36. The van der Waals surface area contributed by atoms with E-state index in [-0.39, 0.29) is 27.6 Å². The van der Waals surface area contributed by atoms with Gasteiger partial charge in [-0.2, -0.15) is 0 Å². The fraction of sp³-hybridized carbons (Fsp3) is 0.200. The Morgan fingerprint density at radius 3 is 2.33 bits per heavy atom. The lowest BCUT2D eigenvalue weighted by molar-refractivity contribution is 0.468. The lowest BCUT2D eigenvalue weighted by atomic mass is 9.86. The van der Waals surface area contributed by atoms with Gasteiger partial charge >= 0.3 is 0 Å². The molecule has 2 rings (SSSR count). The first-order valence-corrected chi connectivity index (χ1v) is 6.84. The lowest BCUT2D eigenvalue weighted by Gasteiger charge is -2.27. The third-order valence-corrected chi connectivity index (χ3v) is 3.79. The summed E-state index contributed by atoms with van der Waals surface area (Å²) in [6.07, 6.45) is -0.0443. The van der Waals surface area contributed by atoms with Crippen LogP contribution in [-0.4, -0.2) is 0 Å². The van der Waals surface area contributed by atoms with Crippen molar-refractivity contribution in [2.24, 2.45) is 5.73 Å². The molecule has 112 valence electrons. The Labute approximate surface area is 130 Å². The SMILES string of the molecule is CC(N)(Cc1cc(F)ccc1F)c1cc(F)c(Cl)cc1Cl. The Balaban J connectivity index is 2.42. The molecule has 0 spiro atoms. The quantitative estimate of drug-likeness (QED) is 0.800. The minimum atomic E-state index is -1.18. The van der Waals surface area contributed by atoms with Crippen LogP contribution in [-0.2, 0) is 12.0 Å². The van der Waals surface area contributed by atoms with Crippen LogP contribution in [0.4, 0.5) is 13.2 Å². The van der Waals surface area contributed by atoms with Gasteiger partial charge in [-0.15, -0.1) is 0 Å². The number of nitrogens with two attached hydrogens (primary N) is 1. The van der Waals surface area contributed by atoms with Crippen LogP contribution in [0.3, 0.4) is 0 Å². The van der Waals surface area contributed by atoms with Crippen LogP contribution in [0, 0.1) is 17.5 Å². The summed E-state index contributed by atoms with van der Waals surface area (Å²) in [5.74, 6) is -1.83. The molecule has 0 heterocycles. The van der Waals surface area contributed by atoms with Gasteiger partial charge in [0, 0.05) is 10.6 Å². The van der Waals surface area contributed by atoms with E-state index in [9.17, 15) is 13.2 Å². The molecule has 0 fully saturated rings. The summed E-state index contributed by atoms with van der Waals surface area (Å²) < 4.78 is 40.5. The minimum absolute atomic E-state index is 0.0443. The summed E-state index contributed by atoms with van der Waals surface area (Å²) >= 11 is 11.7. The van der Waals surface area contributed by atoms with Gasteiger partial charge in [-0.1, -0.05) is 23.2 Å². The van der Waals surface area contributed by atoms with Gasteiger partial charge < -0.3 is 5.73 Å². The molecule has 0 saturated carbocycles. The number of halogens is 5. The third kappa shape index (κ3) is 3.51. The number of rotatable bonds is 3. The molecule has 1 nitrogen and oxygen atoms in total. The van der Waals surface area contributed by atoms with Crippen LogP contribution >= 0.6 is 23.2 Å². The number of benzene rings is 2. The zero-order valence-electron chi connectivity index (χ0n) is 11.1. The fourth-order valence-electron chi connectivity index (χ4n) is 2.13. The predicted octanol–water partition coefficient (Wildman–Crippen LogP) is 4.83. The monoisotopic (exact) mass is 333 g/mol. The normalized spacial score (nSPS) is 14.0. The first-order chi connectivity index (χ1) is 9.70. The topological polar surface area (TPSA) is 26.0 Å². The highest BCUT2D eigenvalue weighted by molar-refractivity contribution is 6.35. The highest BCUT2D eigenvalue weighted by Gasteiger charge is 2.27. The summed E-state index contributed by atoms with van der Waals surface area (Å²) in [5.41, 5.74) is 5.30. The van der Waals surface area contributed by atoms with E-state index >= 15 is 0 Å². The Hall–Kier alpha value is -1.23. The second kappa shape index (κ2) is 5.87. The Morgan fingerprint density at radius 2 is 1.67 bits per heavy atom. The van der Waals surface area contributed by atoms with Gasteiger partial charge in [0.15, 0.2) is 0 Å². The Morgan fingerprint density at radius 1 is 1.00 bits per heavy atom. The van der Waals surface area contributed by atoms with Crippen LogP contribution in [0.2, 0.25) is 10.0 Å². The van der Waals surface area contributed by atoms with Crippen molar-refractivity contribution in [2.45, 2.75) is 18.9 Å². The standard InChI is InChI=1S/C15H12Cl2F3N/c1-15(21,7-8-4-9(18)2-3-13(8)19)10-5-14(20)12(17)6-11(10)16/h2-6H,7,21H2,1H3. The van der Waals surface area contributed by atoms with Crippen molar-refractivity contribution in [1.82, 2.24) is 0 Å². The molecule has 2 aromatic carbocycles. The van der Waals surface area contributed by atoms with E-state index in [0.717, 1.165) is 24.3 Å². The van der Waals surface area contributed by atoms with E-state index in [2.05, 4.69) is 0 Å². The summed E-state index contributed by atoms with van der Waals surface area (Å²) in [6, 6.07) is 5.44. The van der Waals surface area contributed by atoms with Gasteiger partial charge in [0.1, 0.15) is 17.5 Å². The molecule has 2 aromatic rings. The summed E-state index contributed by atoms with van der Waals surface area (Å²) in [7, 11) is 0. The molecule has 21 heavy (non-hydrogen) atoms. The molecule has 0 amide bonds. The summed E-state index contributed by atoms with van der Waals surface area (Å²) in [4.78, 5) is 0. The number of hydrogen-bond donors (Lipinski definition) is 1. The fourth-order valence-corrected chi connectivity index (χ4v) is 2.73. The maximum absolute atomic E-state index is 13.7. The summed E-state index contributed by atoms with van der Waals surface area (Å²) in [6.45, 7) is 1.56. The minimum Gasteiger partial charge on any atom is -0.321 e. The van der Waals surface area contributed by atoms with Gasteiger partial charge in [-0.3, -0.25) is 0 Å². The van der Waals surface area contributed by atoms with Gasteiger partial charge in [0.05, 0.1) is 5.02 Å². The highest BCUT2D eigenvalue weighted by Crippen LogP contribution is 2.33. The molecule has 0 saturated heterocycles. The van der Waals surface area contributed by atoms with Crippen LogP contribution in [0.5, 0.6) is 0 Å². The summed E-state index contributed by atoms with van der Waals surface area (Å²) in [5, 5.41) is 0.0414. The molecule has 1 atom stereocenters. The van der Waals surface area contributed by atoms with E-state index in [1.807, 2.05) is 0 Å². The molecule has 0 aromatic heterocycles. The van der Waals surface area contributed by atoms with E-state index in [1.165, 1.54) is 6.07 Å². The van der Waals surface area contributed by atoms with Crippen molar-refractivity contribution in [1.29, 1.82) is 0 Å². The second-order valence-electron chi connectivity index (χ2n) is 5.08. The van der Waals surface area contributed by atoms with E-state index in [0.29, 0.717) is 0 Å². The van der Waals surface area contributed by atoms with Crippen molar-refractivity contribution in [3.05, 3.63) is 69.0 Å². The average molecular weight is 334 g/mol. The van der Waals surface area contributed by atoms with Crippen LogP contribution in [0.1, 0.15) is 18.1 Å². The van der Waals surface area contributed by atoms with Gasteiger partial charge in [0.25, 0.3) is 0 Å². The molecular formula is C15H12Cl2F3N. The maximum Gasteiger partial charge on any atom is 0.142 e. The molecule has 0 radical (unpaired) electrons. The van der Waals surface area contributed by atoms with Crippen molar-refractivity contribution in [2.75, 3.05) is 0 Å². The molecule has 0 aliphatic rings. The van der Waals surface area contributed by atoms with Crippen molar-refractivity contribution < 1.29 is 13.2 Å². The maximum atomic E-state index is 13.7. The average Bonchev–Trinajstić information content (AvgIpc) is 2.37. The van der Waals surface area contributed by atoms with Crippen LogP contribution < -0.4 is 5.73 Å². The first-order valence-electron chi connectivity index (χ1n) is 6.08. The third-order valence-electron chi connectivity index (χ3n) is 3.19. The van der Waals surface area contributed by atoms with E-state index in [1.54, 1.807) is 6.92 Å². The van der Waals surface area contributed by atoms with Crippen molar-refractivity contribution in [3.8, 4) is 0 Å². The second-order valence-corrected chi connectivity index (χ2v) is 5.89. The Kier molecular flexibility index (Phi) is 4.51. The Bertz CT molecular complexity index is 687. The van der Waals surface area contributed by atoms with Crippen LogP contribution in [0.15, 0.2) is 30.3 Å².